The zero-order valence-corrected chi connectivity index (χ0v) is 15.9. The fourth-order valence-corrected chi connectivity index (χ4v) is 3.18. The second kappa shape index (κ2) is 8.61. The molecular weight excluding hydrogens is 404 g/mol. The number of carbonyl (C=O) groups is 6. The SMILES string of the molecule is O=C(O[C@@H]1/C=C/CC[C@](O)(C(=O)ON2C(=O)CCC2=O)CC1)ON1C(=O)CCC1=O. The summed E-state index contributed by atoms with van der Waals surface area (Å²) in [5.41, 5.74) is -2.01. The van der Waals surface area contributed by atoms with Crippen LogP contribution in [0.4, 0.5) is 4.79 Å². The van der Waals surface area contributed by atoms with E-state index >= 15 is 0 Å². The highest BCUT2D eigenvalue weighted by Gasteiger charge is 2.43. The minimum atomic E-state index is -2.01. The van der Waals surface area contributed by atoms with Gasteiger partial charge in [-0.3, -0.25) is 24.0 Å². The van der Waals surface area contributed by atoms with Crippen LogP contribution in [0.15, 0.2) is 12.2 Å². The van der Waals surface area contributed by atoms with E-state index < -0.39 is 47.5 Å². The molecule has 2 saturated heterocycles. The van der Waals surface area contributed by atoms with Gasteiger partial charge in [-0.15, -0.1) is 5.06 Å². The number of hydroxylamine groups is 4. The average molecular weight is 424 g/mol. The van der Waals surface area contributed by atoms with Gasteiger partial charge in [0, 0.05) is 25.7 Å². The van der Waals surface area contributed by atoms with E-state index in [9.17, 15) is 33.9 Å². The van der Waals surface area contributed by atoms with Crippen molar-refractivity contribution in [3.63, 3.8) is 0 Å². The summed E-state index contributed by atoms with van der Waals surface area (Å²) in [6.45, 7) is 0. The van der Waals surface area contributed by atoms with Gasteiger partial charge in [-0.25, -0.2) is 9.59 Å². The predicted octanol–water partition coefficient (Wildman–Crippen LogP) is 0.0407. The molecule has 12 nitrogen and oxygen atoms in total. The maximum absolute atomic E-state index is 12.4. The number of allylic oxidation sites excluding steroid dienone is 1. The van der Waals surface area contributed by atoms with E-state index in [2.05, 4.69) is 4.84 Å². The van der Waals surface area contributed by atoms with E-state index in [4.69, 9.17) is 9.57 Å². The molecule has 1 aliphatic carbocycles. The molecule has 0 radical (unpaired) electrons. The van der Waals surface area contributed by atoms with Crippen LogP contribution < -0.4 is 0 Å². The summed E-state index contributed by atoms with van der Waals surface area (Å²) >= 11 is 0. The molecule has 12 heteroatoms. The smallest absolute Gasteiger partial charge is 0.425 e. The molecule has 3 rings (SSSR count). The van der Waals surface area contributed by atoms with Gasteiger partial charge < -0.3 is 14.7 Å². The first-order valence-corrected chi connectivity index (χ1v) is 9.41. The van der Waals surface area contributed by atoms with Crippen molar-refractivity contribution in [1.29, 1.82) is 0 Å². The Hall–Kier alpha value is -3.28. The van der Waals surface area contributed by atoms with E-state index in [1.54, 1.807) is 6.08 Å². The Labute approximate surface area is 170 Å². The van der Waals surface area contributed by atoms with Crippen LogP contribution in [0.3, 0.4) is 0 Å². The maximum atomic E-state index is 12.4. The molecule has 2 fully saturated rings. The van der Waals surface area contributed by atoms with Crippen LogP contribution in [0.1, 0.15) is 51.4 Å². The number of hydrogen-bond donors (Lipinski definition) is 1. The minimum Gasteiger partial charge on any atom is -0.425 e. The van der Waals surface area contributed by atoms with Gasteiger partial charge in [0.1, 0.15) is 6.10 Å². The molecule has 0 aromatic rings. The minimum absolute atomic E-state index is 0.0268. The van der Waals surface area contributed by atoms with Gasteiger partial charge in [0.2, 0.25) is 0 Å². The van der Waals surface area contributed by atoms with Crippen molar-refractivity contribution in [3.8, 4) is 0 Å². The fraction of sp³-hybridized carbons (Fsp3) is 0.556. The number of rotatable bonds is 4. The third-order valence-corrected chi connectivity index (χ3v) is 4.90. The van der Waals surface area contributed by atoms with Crippen molar-refractivity contribution in [1.82, 2.24) is 10.1 Å². The standard InChI is InChI=1S/C18H20N2O10/c21-12-4-5-13(22)19(12)29-16(25)18(27)9-2-1-3-11(8-10-18)28-17(26)30-20-14(23)6-7-15(20)24/h1,3,11,27H,2,4-10H2/b3-1+/t11-,18-/m1/s1. The van der Waals surface area contributed by atoms with Gasteiger partial charge in [-0.05, 0) is 31.8 Å². The molecule has 2 atom stereocenters. The van der Waals surface area contributed by atoms with Gasteiger partial charge in [0.25, 0.3) is 23.6 Å². The first-order valence-electron chi connectivity index (χ1n) is 9.41. The van der Waals surface area contributed by atoms with Crippen molar-refractivity contribution in [2.45, 2.75) is 63.1 Å². The lowest BCUT2D eigenvalue weighted by molar-refractivity contribution is -0.212. The van der Waals surface area contributed by atoms with Crippen LogP contribution in [0.25, 0.3) is 0 Å². The summed E-state index contributed by atoms with van der Waals surface area (Å²) in [5, 5.41) is 11.4. The van der Waals surface area contributed by atoms with Crippen LogP contribution in [0, 0.1) is 0 Å². The van der Waals surface area contributed by atoms with Crippen LogP contribution in [0.2, 0.25) is 0 Å². The van der Waals surface area contributed by atoms with E-state index in [0.717, 1.165) is 0 Å². The highest BCUT2D eigenvalue weighted by Crippen LogP contribution is 2.28. The Morgan fingerprint density at radius 3 is 2.00 bits per heavy atom. The number of hydrogen-bond acceptors (Lipinski definition) is 10. The maximum Gasteiger partial charge on any atom is 0.534 e. The molecule has 2 aliphatic heterocycles. The molecular formula is C18H20N2O10. The van der Waals surface area contributed by atoms with E-state index in [1.165, 1.54) is 6.08 Å². The summed E-state index contributed by atoms with van der Waals surface area (Å²) < 4.78 is 5.05. The first kappa shape index (κ1) is 21.4. The zero-order valence-electron chi connectivity index (χ0n) is 15.9. The molecule has 0 unspecified atom stereocenters. The summed E-state index contributed by atoms with van der Waals surface area (Å²) in [7, 11) is 0. The first-order chi connectivity index (χ1) is 14.2. The molecule has 4 amide bonds. The summed E-state index contributed by atoms with van der Waals surface area (Å²) in [5.74, 6) is -3.81. The predicted molar refractivity (Wildman–Crippen MR) is 92.2 cm³/mol. The third-order valence-electron chi connectivity index (χ3n) is 4.90. The van der Waals surface area contributed by atoms with Crippen LogP contribution >= 0.6 is 0 Å². The molecule has 0 aromatic heterocycles. The largest absolute Gasteiger partial charge is 0.534 e. The van der Waals surface area contributed by atoms with E-state index in [-0.39, 0.29) is 51.4 Å². The number of carbonyl (C=O) groups excluding carboxylic acids is 6. The van der Waals surface area contributed by atoms with Crippen LogP contribution in [0.5, 0.6) is 0 Å². The fourth-order valence-electron chi connectivity index (χ4n) is 3.18. The van der Waals surface area contributed by atoms with Gasteiger partial charge in [0.15, 0.2) is 5.60 Å². The molecule has 0 aromatic carbocycles. The Morgan fingerprint density at radius 2 is 1.43 bits per heavy atom. The van der Waals surface area contributed by atoms with E-state index in [1.807, 2.05) is 0 Å². The van der Waals surface area contributed by atoms with Crippen molar-refractivity contribution in [2.75, 3.05) is 0 Å². The molecule has 1 N–H and O–H groups in total. The molecule has 0 spiro atoms. The molecule has 0 bridgehead atoms. The third kappa shape index (κ3) is 4.64. The Kier molecular flexibility index (Phi) is 6.15. The molecule has 0 saturated carbocycles. The molecule has 3 aliphatic rings. The Balaban J connectivity index is 1.57. The van der Waals surface area contributed by atoms with Gasteiger partial charge in [-0.1, -0.05) is 11.1 Å². The number of amides is 4. The average Bonchev–Trinajstić information content (AvgIpc) is 3.17. The van der Waals surface area contributed by atoms with Crippen LogP contribution in [-0.2, 0) is 38.4 Å². The second-order valence-electron chi connectivity index (χ2n) is 7.08. The number of nitrogens with zero attached hydrogens (tertiary/aromatic N) is 2. The molecule has 2 heterocycles. The van der Waals surface area contributed by atoms with Crippen molar-refractivity contribution in [3.05, 3.63) is 12.2 Å². The van der Waals surface area contributed by atoms with Crippen molar-refractivity contribution >= 4 is 35.8 Å². The Morgan fingerprint density at radius 1 is 0.900 bits per heavy atom. The van der Waals surface area contributed by atoms with Gasteiger partial charge >= 0.3 is 12.1 Å². The van der Waals surface area contributed by atoms with Gasteiger partial charge in [0.05, 0.1) is 0 Å². The highest BCUT2D eigenvalue weighted by molar-refractivity contribution is 6.02. The molecule has 30 heavy (non-hydrogen) atoms. The van der Waals surface area contributed by atoms with Crippen molar-refractivity contribution in [2.24, 2.45) is 0 Å². The van der Waals surface area contributed by atoms with Gasteiger partial charge in [-0.2, -0.15) is 0 Å². The quantitative estimate of drug-likeness (QED) is 0.371. The number of imide groups is 2. The molecule has 162 valence electrons. The van der Waals surface area contributed by atoms with E-state index in [0.29, 0.717) is 10.1 Å². The summed E-state index contributed by atoms with van der Waals surface area (Å²) in [6.07, 6.45) is 0.555. The lowest BCUT2D eigenvalue weighted by Crippen LogP contribution is -2.46. The monoisotopic (exact) mass is 424 g/mol. The summed E-state index contributed by atoms with van der Waals surface area (Å²) in [4.78, 5) is 79.9. The topological polar surface area (TPSA) is 157 Å². The zero-order chi connectivity index (χ0) is 21.9. The van der Waals surface area contributed by atoms with Crippen molar-refractivity contribution < 1.29 is 48.3 Å². The lowest BCUT2D eigenvalue weighted by atomic mass is 9.88. The number of aliphatic hydroxyl groups is 1. The Bertz CT molecular complexity index is 790. The lowest BCUT2D eigenvalue weighted by Gasteiger charge is -2.29. The van der Waals surface area contributed by atoms with Crippen LogP contribution in [-0.4, -0.2) is 62.7 Å². The second-order valence-corrected chi connectivity index (χ2v) is 7.08. The normalized spacial score (nSPS) is 28.2. The summed E-state index contributed by atoms with van der Waals surface area (Å²) in [6, 6.07) is 0. The number of ether oxygens (including phenoxy) is 1. The highest BCUT2D eigenvalue weighted by atomic mass is 16.8.